The van der Waals surface area contributed by atoms with Crippen LogP contribution in [0.1, 0.15) is 6.42 Å². The molecule has 0 aliphatic heterocycles. The van der Waals surface area contributed by atoms with E-state index in [4.69, 9.17) is 11.0 Å². The Labute approximate surface area is 71.9 Å². The van der Waals surface area contributed by atoms with Gasteiger partial charge in [-0.3, -0.25) is 4.99 Å². The van der Waals surface area contributed by atoms with Gasteiger partial charge in [0.25, 0.3) is 0 Å². The number of hydrogen-bond acceptors (Lipinski definition) is 2. The Bertz CT molecular complexity index is 291. The normalized spacial score (nSPS) is 23.2. The van der Waals surface area contributed by atoms with E-state index in [1.165, 1.54) is 0 Å². The molecule has 0 aromatic heterocycles. The fraction of sp³-hybridized carbons (Fsp3) is 0.333. The van der Waals surface area contributed by atoms with Gasteiger partial charge in [0.1, 0.15) is 5.84 Å². The van der Waals surface area contributed by atoms with Crippen molar-refractivity contribution in [3.8, 4) is 6.07 Å². The van der Waals surface area contributed by atoms with Gasteiger partial charge in [-0.1, -0.05) is 12.2 Å². The quantitative estimate of drug-likeness (QED) is 0.460. The van der Waals surface area contributed by atoms with E-state index >= 15 is 0 Å². The summed E-state index contributed by atoms with van der Waals surface area (Å²) in [6.07, 6.45) is 6.36. The molecule has 1 aliphatic carbocycles. The minimum atomic E-state index is 0.173. The van der Waals surface area contributed by atoms with Crippen LogP contribution in [-0.2, 0) is 0 Å². The third kappa shape index (κ3) is 1.73. The van der Waals surface area contributed by atoms with Crippen LogP contribution in [0.3, 0.4) is 0 Å². The van der Waals surface area contributed by atoms with Crippen molar-refractivity contribution in [2.24, 2.45) is 16.6 Å². The number of nitriles is 1. The van der Waals surface area contributed by atoms with Crippen molar-refractivity contribution < 1.29 is 0 Å². The minimum Gasteiger partial charge on any atom is -0.387 e. The molecule has 1 unspecified atom stereocenters. The lowest BCUT2D eigenvalue weighted by atomic mass is 9.96. The maximum Gasteiger partial charge on any atom is 0.101 e. The van der Waals surface area contributed by atoms with Crippen molar-refractivity contribution in [3.05, 3.63) is 23.8 Å². The average Bonchev–Trinajstić information content (AvgIpc) is 2.17. The highest BCUT2D eigenvalue weighted by Crippen LogP contribution is 2.15. The van der Waals surface area contributed by atoms with Crippen molar-refractivity contribution in [1.82, 2.24) is 0 Å². The van der Waals surface area contributed by atoms with Crippen LogP contribution >= 0.6 is 0 Å². The second-order valence-corrected chi connectivity index (χ2v) is 2.62. The van der Waals surface area contributed by atoms with Crippen molar-refractivity contribution in [2.75, 3.05) is 7.05 Å². The molecule has 3 heteroatoms. The zero-order valence-electron chi connectivity index (χ0n) is 6.99. The van der Waals surface area contributed by atoms with Crippen LogP contribution in [0.2, 0.25) is 0 Å². The molecule has 0 amide bonds. The van der Waals surface area contributed by atoms with Crippen LogP contribution < -0.4 is 5.73 Å². The molecule has 0 aromatic carbocycles. The molecular weight excluding hydrogens is 150 g/mol. The van der Waals surface area contributed by atoms with E-state index in [0.29, 0.717) is 11.4 Å². The summed E-state index contributed by atoms with van der Waals surface area (Å²) in [5, 5.41) is 8.54. The van der Waals surface area contributed by atoms with Gasteiger partial charge in [0.2, 0.25) is 0 Å². The van der Waals surface area contributed by atoms with Gasteiger partial charge in [-0.05, 0) is 12.5 Å². The van der Waals surface area contributed by atoms with Gasteiger partial charge < -0.3 is 5.73 Å². The number of amidine groups is 1. The molecule has 1 rings (SSSR count). The maximum absolute atomic E-state index is 8.54. The number of rotatable bonds is 1. The Kier molecular flexibility index (Phi) is 2.65. The first kappa shape index (κ1) is 8.54. The first-order valence-corrected chi connectivity index (χ1v) is 3.78. The largest absolute Gasteiger partial charge is 0.387 e. The molecule has 0 radical (unpaired) electrons. The molecule has 0 fully saturated rings. The Hall–Kier alpha value is -1.56. The van der Waals surface area contributed by atoms with Gasteiger partial charge in [0, 0.05) is 18.5 Å². The number of hydrogen-bond donors (Lipinski definition) is 1. The molecule has 1 aliphatic rings. The maximum atomic E-state index is 8.54. The smallest absolute Gasteiger partial charge is 0.101 e. The molecular formula is C9H11N3. The molecule has 0 saturated heterocycles. The van der Waals surface area contributed by atoms with Gasteiger partial charge in [-0.2, -0.15) is 5.26 Å². The predicted molar refractivity (Wildman–Crippen MR) is 48.5 cm³/mol. The summed E-state index contributed by atoms with van der Waals surface area (Å²) in [6, 6.07) is 2.08. The fourth-order valence-electron chi connectivity index (χ4n) is 1.09. The SMILES string of the molecule is CN=C(N)C1C=CC(C#N)=CC1. The lowest BCUT2D eigenvalue weighted by molar-refractivity contribution is 0.851. The number of nitrogens with two attached hydrogens (primary N) is 1. The Morgan fingerprint density at radius 1 is 1.83 bits per heavy atom. The standard InChI is InChI=1S/C9H11N3/c1-12-9(11)8-4-2-7(6-10)3-5-8/h2-4,8H,5H2,1H3,(H2,11,12). The minimum absolute atomic E-state index is 0.173. The zero-order chi connectivity index (χ0) is 8.97. The van der Waals surface area contributed by atoms with Gasteiger partial charge in [-0.15, -0.1) is 0 Å². The van der Waals surface area contributed by atoms with Crippen molar-refractivity contribution in [3.63, 3.8) is 0 Å². The van der Waals surface area contributed by atoms with Gasteiger partial charge in [0.05, 0.1) is 6.07 Å². The lowest BCUT2D eigenvalue weighted by Crippen LogP contribution is -2.22. The first-order chi connectivity index (χ1) is 5.77. The third-order valence-corrected chi connectivity index (χ3v) is 1.87. The molecule has 0 bridgehead atoms. The van der Waals surface area contributed by atoms with Crippen LogP contribution in [0.5, 0.6) is 0 Å². The second-order valence-electron chi connectivity index (χ2n) is 2.62. The van der Waals surface area contributed by atoms with E-state index in [2.05, 4.69) is 11.1 Å². The Morgan fingerprint density at radius 2 is 2.58 bits per heavy atom. The molecule has 3 nitrogen and oxygen atoms in total. The van der Waals surface area contributed by atoms with Crippen LogP contribution in [0.15, 0.2) is 28.8 Å². The molecule has 12 heavy (non-hydrogen) atoms. The summed E-state index contributed by atoms with van der Waals surface area (Å²) in [5.41, 5.74) is 6.33. The van der Waals surface area contributed by atoms with Crippen LogP contribution in [0.25, 0.3) is 0 Å². The first-order valence-electron chi connectivity index (χ1n) is 3.78. The average molecular weight is 161 g/mol. The highest BCUT2D eigenvalue weighted by molar-refractivity contribution is 5.84. The topological polar surface area (TPSA) is 62.2 Å². The van der Waals surface area contributed by atoms with Crippen LogP contribution in [0.4, 0.5) is 0 Å². The molecule has 0 saturated carbocycles. The molecule has 0 heterocycles. The fourth-order valence-corrected chi connectivity index (χ4v) is 1.09. The number of nitrogens with zero attached hydrogens (tertiary/aromatic N) is 2. The highest BCUT2D eigenvalue weighted by atomic mass is 14.8. The van der Waals surface area contributed by atoms with Gasteiger partial charge >= 0.3 is 0 Å². The van der Waals surface area contributed by atoms with E-state index in [1.54, 1.807) is 13.1 Å². The van der Waals surface area contributed by atoms with Gasteiger partial charge in [-0.25, -0.2) is 0 Å². The van der Waals surface area contributed by atoms with Crippen LogP contribution in [-0.4, -0.2) is 12.9 Å². The summed E-state index contributed by atoms with van der Waals surface area (Å²) >= 11 is 0. The summed E-state index contributed by atoms with van der Waals surface area (Å²) < 4.78 is 0. The number of aliphatic imine (C=N–C) groups is 1. The zero-order valence-corrected chi connectivity index (χ0v) is 6.99. The third-order valence-electron chi connectivity index (χ3n) is 1.87. The van der Waals surface area contributed by atoms with E-state index < -0.39 is 0 Å². The Balaban J connectivity index is 2.67. The van der Waals surface area contributed by atoms with E-state index in [-0.39, 0.29) is 5.92 Å². The van der Waals surface area contributed by atoms with E-state index in [9.17, 15) is 0 Å². The van der Waals surface area contributed by atoms with Crippen LogP contribution in [0, 0.1) is 17.2 Å². The predicted octanol–water partition coefficient (Wildman–Crippen LogP) is 0.999. The molecule has 62 valence electrons. The second kappa shape index (κ2) is 3.72. The van der Waals surface area contributed by atoms with Crippen molar-refractivity contribution >= 4 is 5.84 Å². The summed E-state index contributed by atoms with van der Waals surface area (Å²) in [5.74, 6) is 0.798. The monoisotopic (exact) mass is 161 g/mol. The molecule has 0 aromatic rings. The molecule has 2 N–H and O–H groups in total. The summed E-state index contributed by atoms with van der Waals surface area (Å²) in [7, 11) is 1.67. The lowest BCUT2D eigenvalue weighted by Gasteiger charge is -2.12. The van der Waals surface area contributed by atoms with Crippen molar-refractivity contribution in [1.29, 1.82) is 5.26 Å². The van der Waals surface area contributed by atoms with Gasteiger partial charge in [0.15, 0.2) is 0 Å². The molecule has 0 spiro atoms. The molecule has 1 atom stereocenters. The number of allylic oxidation sites excluding steroid dienone is 3. The summed E-state index contributed by atoms with van der Waals surface area (Å²) in [4.78, 5) is 3.89. The van der Waals surface area contributed by atoms with E-state index in [0.717, 1.165) is 6.42 Å². The Morgan fingerprint density at radius 3 is 3.00 bits per heavy atom. The summed E-state index contributed by atoms with van der Waals surface area (Å²) in [6.45, 7) is 0. The van der Waals surface area contributed by atoms with Crippen molar-refractivity contribution in [2.45, 2.75) is 6.42 Å². The highest BCUT2D eigenvalue weighted by Gasteiger charge is 2.11. The van der Waals surface area contributed by atoms with E-state index in [1.807, 2.05) is 12.2 Å².